The normalized spacial score (nSPS) is 12.7. The average molecular weight is 266 g/mol. The standard InChI is InChI=1S/C12H16ClN5/c1-3-18-12(10(13)7-16-18)11(17-14)9-4-8(2)5-15-6-9/h4-7,11,17H,3,14H2,1-2H3. The Morgan fingerprint density at radius 1 is 1.44 bits per heavy atom. The van der Waals surface area contributed by atoms with E-state index in [2.05, 4.69) is 15.5 Å². The number of pyridine rings is 1. The van der Waals surface area contributed by atoms with Gasteiger partial charge in [-0.1, -0.05) is 17.7 Å². The van der Waals surface area contributed by atoms with Gasteiger partial charge in [0, 0.05) is 18.9 Å². The molecular formula is C12H16ClN5. The highest BCUT2D eigenvalue weighted by atomic mass is 35.5. The number of nitrogens with two attached hydrogens (primary N) is 1. The van der Waals surface area contributed by atoms with Gasteiger partial charge in [0.15, 0.2) is 0 Å². The van der Waals surface area contributed by atoms with Gasteiger partial charge in [0.25, 0.3) is 0 Å². The maximum Gasteiger partial charge on any atom is 0.0908 e. The number of hydrogen-bond acceptors (Lipinski definition) is 4. The lowest BCUT2D eigenvalue weighted by Gasteiger charge is -2.18. The van der Waals surface area contributed by atoms with Crippen LogP contribution in [0, 0.1) is 6.92 Å². The molecule has 0 radical (unpaired) electrons. The Balaban J connectivity index is 2.48. The predicted molar refractivity (Wildman–Crippen MR) is 71.1 cm³/mol. The van der Waals surface area contributed by atoms with Crippen molar-refractivity contribution >= 4 is 11.6 Å². The first kappa shape index (κ1) is 13.0. The Morgan fingerprint density at radius 2 is 2.22 bits per heavy atom. The van der Waals surface area contributed by atoms with E-state index in [0.29, 0.717) is 5.02 Å². The molecule has 1 atom stereocenters. The van der Waals surface area contributed by atoms with Crippen molar-refractivity contribution in [3.8, 4) is 0 Å². The van der Waals surface area contributed by atoms with E-state index in [4.69, 9.17) is 17.4 Å². The highest BCUT2D eigenvalue weighted by molar-refractivity contribution is 6.31. The average Bonchev–Trinajstić information content (AvgIpc) is 2.72. The molecule has 3 N–H and O–H groups in total. The van der Waals surface area contributed by atoms with Gasteiger partial charge in [0.2, 0.25) is 0 Å². The van der Waals surface area contributed by atoms with Crippen molar-refractivity contribution in [2.45, 2.75) is 26.4 Å². The minimum atomic E-state index is -0.215. The van der Waals surface area contributed by atoms with E-state index in [9.17, 15) is 0 Å². The Hall–Kier alpha value is -1.43. The highest BCUT2D eigenvalue weighted by Crippen LogP contribution is 2.27. The largest absolute Gasteiger partial charge is 0.271 e. The van der Waals surface area contributed by atoms with E-state index < -0.39 is 0 Å². The van der Waals surface area contributed by atoms with E-state index in [-0.39, 0.29) is 6.04 Å². The molecule has 6 heteroatoms. The summed E-state index contributed by atoms with van der Waals surface area (Å²) in [5.74, 6) is 5.66. The van der Waals surface area contributed by atoms with Gasteiger partial charge in [-0.25, -0.2) is 5.43 Å². The Labute approximate surface area is 111 Å². The predicted octanol–water partition coefficient (Wildman–Crippen LogP) is 1.81. The van der Waals surface area contributed by atoms with Gasteiger partial charge < -0.3 is 0 Å². The molecule has 0 aromatic carbocycles. The number of aryl methyl sites for hydroxylation is 2. The van der Waals surface area contributed by atoms with Crippen LogP contribution in [0.25, 0.3) is 0 Å². The number of hydrogen-bond donors (Lipinski definition) is 2. The first-order valence-corrected chi connectivity index (χ1v) is 6.14. The first-order chi connectivity index (χ1) is 8.67. The highest BCUT2D eigenvalue weighted by Gasteiger charge is 2.20. The van der Waals surface area contributed by atoms with Crippen LogP contribution < -0.4 is 11.3 Å². The fourth-order valence-corrected chi connectivity index (χ4v) is 2.23. The monoisotopic (exact) mass is 265 g/mol. The van der Waals surface area contributed by atoms with Crippen molar-refractivity contribution in [2.24, 2.45) is 5.84 Å². The molecule has 2 rings (SSSR count). The summed E-state index contributed by atoms with van der Waals surface area (Å²) in [4.78, 5) is 4.18. The summed E-state index contributed by atoms with van der Waals surface area (Å²) in [6, 6.07) is 1.81. The molecular weight excluding hydrogens is 250 g/mol. The van der Waals surface area contributed by atoms with Crippen molar-refractivity contribution in [2.75, 3.05) is 0 Å². The van der Waals surface area contributed by atoms with Gasteiger partial charge in [-0.3, -0.25) is 15.5 Å². The van der Waals surface area contributed by atoms with Crippen LogP contribution in [0.15, 0.2) is 24.7 Å². The lowest BCUT2D eigenvalue weighted by atomic mass is 10.0. The Kier molecular flexibility index (Phi) is 3.96. The van der Waals surface area contributed by atoms with E-state index in [0.717, 1.165) is 23.4 Å². The molecule has 18 heavy (non-hydrogen) atoms. The summed E-state index contributed by atoms with van der Waals surface area (Å²) >= 11 is 6.19. The molecule has 0 aliphatic rings. The van der Waals surface area contributed by atoms with Crippen LogP contribution in [-0.2, 0) is 6.54 Å². The summed E-state index contributed by atoms with van der Waals surface area (Å²) in [5.41, 5.74) is 5.68. The van der Waals surface area contributed by atoms with Crippen LogP contribution in [-0.4, -0.2) is 14.8 Å². The lowest BCUT2D eigenvalue weighted by molar-refractivity contribution is 0.542. The van der Waals surface area contributed by atoms with Gasteiger partial charge in [-0.2, -0.15) is 5.10 Å². The van der Waals surface area contributed by atoms with Crippen molar-refractivity contribution in [1.29, 1.82) is 0 Å². The SMILES string of the molecule is CCn1ncc(Cl)c1C(NN)c1cncc(C)c1. The third kappa shape index (κ3) is 2.38. The summed E-state index contributed by atoms with van der Waals surface area (Å²) in [6.45, 7) is 4.73. The van der Waals surface area contributed by atoms with E-state index in [1.54, 1.807) is 18.6 Å². The molecule has 2 aromatic heterocycles. The smallest absolute Gasteiger partial charge is 0.0908 e. The zero-order chi connectivity index (χ0) is 13.1. The van der Waals surface area contributed by atoms with Gasteiger partial charge >= 0.3 is 0 Å². The fourth-order valence-electron chi connectivity index (χ4n) is 1.98. The van der Waals surface area contributed by atoms with Crippen LogP contribution in [0.2, 0.25) is 5.02 Å². The first-order valence-electron chi connectivity index (χ1n) is 5.76. The molecule has 0 fully saturated rings. The molecule has 0 spiro atoms. The second-order valence-electron chi connectivity index (χ2n) is 4.09. The maximum absolute atomic E-state index is 6.19. The maximum atomic E-state index is 6.19. The fraction of sp³-hybridized carbons (Fsp3) is 0.333. The lowest BCUT2D eigenvalue weighted by Crippen LogP contribution is -2.31. The number of hydrazine groups is 1. The molecule has 2 heterocycles. The number of rotatable bonds is 4. The molecule has 0 saturated carbocycles. The molecule has 0 amide bonds. The van der Waals surface area contributed by atoms with Crippen LogP contribution >= 0.6 is 11.6 Å². The number of aromatic nitrogens is 3. The minimum Gasteiger partial charge on any atom is -0.271 e. The number of nitrogens with zero attached hydrogens (tertiary/aromatic N) is 3. The Bertz CT molecular complexity index is 537. The molecule has 1 unspecified atom stereocenters. The van der Waals surface area contributed by atoms with Crippen LogP contribution in [0.1, 0.15) is 29.8 Å². The van der Waals surface area contributed by atoms with E-state index in [1.807, 2.05) is 24.6 Å². The minimum absolute atomic E-state index is 0.215. The van der Waals surface area contributed by atoms with Gasteiger partial charge in [0.05, 0.1) is 23.0 Å². The molecule has 96 valence electrons. The summed E-state index contributed by atoms with van der Waals surface area (Å²) in [5, 5.41) is 4.82. The number of nitrogens with one attached hydrogen (secondary N) is 1. The topological polar surface area (TPSA) is 68.8 Å². The molecule has 0 saturated heterocycles. The van der Waals surface area contributed by atoms with Crippen LogP contribution in [0.3, 0.4) is 0 Å². The third-order valence-electron chi connectivity index (χ3n) is 2.80. The second kappa shape index (κ2) is 5.48. The summed E-state index contributed by atoms with van der Waals surface area (Å²) in [7, 11) is 0. The summed E-state index contributed by atoms with van der Waals surface area (Å²) < 4.78 is 1.83. The summed E-state index contributed by atoms with van der Waals surface area (Å²) in [6.07, 6.45) is 5.21. The van der Waals surface area contributed by atoms with Gasteiger partial charge in [0.1, 0.15) is 0 Å². The zero-order valence-electron chi connectivity index (χ0n) is 10.4. The molecule has 0 aliphatic heterocycles. The zero-order valence-corrected chi connectivity index (χ0v) is 11.1. The van der Waals surface area contributed by atoms with Gasteiger partial charge in [-0.05, 0) is 25.0 Å². The second-order valence-corrected chi connectivity index (χ2v) is 4.50. The van der Waals surface area contributed by atoms with Crippen molar-refractivity contribution < 1.29 is 0 Å². The van der Waals surface area contributed by atoms with Crippen molar-refractivity contribution in [3.05, 3.63) is 46.5 Å². The quantitative estimate of drug-likeness (QED) is 0.654. The van der Waals surface area contributed by atoms with Crippen LogP contribution in [0.5, 0.6) is 0 Å². The van der Waals surface area contributed by atoms with Gasteiger partial charge in [-0.15, -0.1) is 0 Å². The molecule has 2 aromatic rings. The number of halogens is 1. The molecule has 5 nitrogen and oxygen atoms in total. The molecule has 0 aliphatic carbocycles. The van der Waals surface area contributed by atoms with Crippen molar-refractivity contribution in [3.63, 3.8) is 0 Å². The van der Waals surface area contributed by atoms with E-state index in [1.165, 1.54) is 0 Å². The van der Waals surface area contributed by atoms with Crippen molar-refractivity contribution in [1.82, 2.24) is 20.2 Å². The Morgan fingerprint density at radius 3 is 2.83 bits per heavy atom. The van der Waals surface area contributed by atoms with E-state index >= 15 is 0 Å². The molecule has 0 bridgehead atoms. The van der Waals surface area contributed by atoms with Crippen LogP contribution in [0.4, 0.5) is 0 Å². The third-order valence-corrected chi connectivity index (χ3v) is 3.09.